The lowest BCUT2D eigenvalue weighted by Gasteiger charge is -2.35. The number of ether oxygens (including phenoxy) is 2. The zero-order valence-corrected chi connectivity index (χ0v) is 17.7. The van der Waals surface area contributed by atoms with E-state index in [0.717, 1.165) is 11.1 Å². The number of ketones is 1. The van der Waals surface area contributed by atoms with Crippen LogP contribution in [0.25, 0.3) is 0 Å². The molecule has 2 aromatic rings. The SMILES string of the molecule is CC(C)=CCc1c(O)c2c(c3c1OC(=O)C[C@@H]3c1ccccc1)O[C@H](C)[C@@H](C)C2=O. The summed E-state index contributed by atoms with van der Waals surface area (Å²) in [6.45, 7) is 7.56. The van der Waals surface area contributed by atoms with E-state index in [4.69, 9.17) is 9.47 Å². The summed E-state index contributed by atoms with van der Waals surface area (Å²) in [5.41, 5.74) is 3.34. The predicted molar refractivity (Wildman–Crippen MR) is 113 cm³/mol. The van der Waals surface area contributed by atoms with Crippen LogP contribution in [0.2, 0.25) is 0 Å². The summed E-state index contributed by atoms with van der Waals surface area (Å²) in [6, 6.07) is 9.67. The van der Waals surface area contributed by atoms with Crippen LogP contribution in [0.5, 0.6) is 17.2 Å². The van der Waals surface area contributed by atoms with Gasteiger partial charge in [0.2, 0.25) is 0 Å². The fourth-order valence-corrected chi connectivity index (χ4v) is 4.17. The Morgan fingerprint density at radius 1 is 1.13 bits per heavy atom. The number of esters is 1. The fraction of sp³-hybridized carbons (Fsp3) is 0.360. The largest absolute Gasteiger partial charge is 0.507 e. The lowest BCUT2D eigenvalue weighted by atomic mass is 9.79. The standard InChI is InChI=1S/C25H26O5/c1-13(2)10-11-17-23(28)21-22(27)14(3)15(4)29-25(21)20-18(12-19(26)30-24(17)20)16-8-6-5-7-9-16/h5-10,14-15,18,28H,11-12H2,1-4H3/t14-,15-,18-/m1/s1. The molecule has 0 spiro atoms. The lowest BCUT2D eigenvalue weighted by molar-refractivity contribution is -0.135. The minimum Gasteiger partial charge on any atom is -0.507 e. The van der Waals surface area contributed by atoms with Crippen molar-refractivity contribution in [2.75, 3.05) is 0 Å². The highest BCUT2D eigenvalue weighted by atomic mass is 16.5. The van der Waals surface area contributed by atoms with Gasteiger partial charge >= 0.3 is 5.97 Å². The maximum absolute atomic E-state index is 13.2. The van der Waals surface area contributed by atoms with E-state index >= 15 is 0 Å². The molecule has 1 N–H and O–H groups in total. The Hall–Kier alpha value is -3.08. The number of hydrogen-bond donors (Lipinski definition) is 1. The van der Waals surface area contributed by atoms with E-state index in [1.807, 2.05) is 57.2 Å². The summed E-state index contributed by atoms with van der Waals surface area (Å²) in [4.78, 5) is 25.7. The van der Waals surface area contributed by atoms with E-state index in [9.17, 15) is 14.7 Å². The van der Waals surface area contributed by atoms with E-state index in [-0.39, 0.29) is 47.4 Å². The second-order valence-electron chi connectivity index (χ2n) is 8.38. The van der Waals surface area contributed by atoms with E-state index in [1.165, 1.54) is 0 Å². The number of carbonyl (C=O) groups is 2. The Morgan fingerprint density at radius 2 is 1.83 bits per heavy atom. The van der Waals surface area contributed by atoms with Gasteiger partial charge in [0.25, 0.3) is 0 Å². The monoisotopic (exact) mass is 406 g/mol. The summed E-state index contributed by atoms with van der Waals surface area (Å²) >= 11 is 0. The van der Waals surface area contributed by atoms with Crippen LogP contribution >= 0.6 is 0 Å². The molecule has 2 heterocycles. The fourth-order valence-electron chi connectivity index (χ4n) is 4.17. The Kier molecular flexibility index (Phi) is 5.14. The van der Waals surface area contributed by atoms with Crippen LogP contribution in [0.4, 0.5) is 0 Å². The molecule has 2 aliphatic rings. The molecule has 0 radical (unpaired) electrons. The van der Waals surface area contributed by atoms with Gasteiger partial charge in [0.05, 0.1) is 12.3 Å². The van der Waals surface area contributed by atoms with Gasteiger partial charge in [-0.2, -0.15) is 0 Å². The molecule has 0 saturated heterocycles. The van der Waals surface area contributed by atoms with Crippen molar-refractivity contribution in [3.63, 3.8) is 0 Å². The van der Waals surface area contributed by atoms with Crippen LogP contribution in [-0.2, 0) is 11.2 Å². The Labute approximate surface area is 176 Å². The number of fused-ring (bicyclic) bond motifs is 3. The van der Waals surface area contributed by atoms with E-state index < -0.39 is 0 Å². The van der Waals surface area contributed by atoms with Gasteiger partial charge in [-0.1, -0.05) is 48.9 Å². The molecule has 0 aromatic heterocycles. The van der Waals surface area contributed by atoms with Gasteiger partial charge in [-0.05, 0) is 32.8 Å². The molecule has 30 heavy (non-hydrogen) atoms. The first kappa shape index (κ1) is 20.2. The van der Waals surface area contributed by atoms with Crippen molar-refractivity contribution >= 4 is 11.8 Å². The van der Waals surface area contributed by atoms with E-state index in [1.54, 1.807) is 6.92 Å². The predicted octanol–water partition coefficient (Wildman–Crippen LogP) is 4.94. The maximum atomic E-state index is 13.2. The second kappa shape index (κ2) is 7.63. The van der Waals surface area contributed by atoms with Crippen molar-refractivity contribution in [1.82, 2.24) is 0 Å². The van der Waals surface area contributed by atoms with Gasteiger partial charge < -0.3 is 14.6 Å². The molecular weight excluding hydrogens is 380 g/mol. The maximum Gasteiger partial charge on any atom is 0.312 e. The highest BCUT2D eigenvalue weighted by molar-refractivity contribution is 6.05. The number of carbonyl (C=O) groups excluding carboxylic acids is 2. The molecule has 3 atom stereocenters. The van der Waals surface area contributed by atoms with Gasteiger partial charge in [-0.15, -0.1) is 0 Å². The number of phenolic OH excluding ortho intramolecular Hbond substituents is 1. The number of rotatable bonds is 3. The molecule has 0 fully saturated rings. The quantitative estimate of drug-likeness (QED) is 0.444. The van der Waals surface area contributed by atoms with Gasteiger partial charge in [-0.25, -0.2) is 0 Å². The smallest absolute Gasteiger partial charge is 0.312 e. The Morgan fingerprint density at radius 3 is 2.50 bits per heavy atom. The van der Waals surface area contributed by atoms with Crippen LogP contribution in [0.3, 0.4) is 0 Å². The molecule has 0 saturated carbocycles. The highest BCUT2D eigenvalue weighted by Gasteiger charge is 2.43. The number of allylic oxidation sites excluding steroid dienone is 2. The molecule has 0 amide bonds. The number of hydrogen-bond acceptors (Lipinski definition) is 5. The first-order valence-corrected chi connectivity index (χ1v) is 10.3. The molecule has 5 nitrogen and oxygen atoms in total. The molecule has 156 valence electrons. The van der Waals surface area contributed by atoms with Gasteiger partial charge in [0.15, 0.2) is 5.78 Å². The average Bonchev–Trinajstić information content (AvgIpc) is 2.71. The minimum absolute atomic E-state index is 0.147. The highest BCUT2D eigenvalue weighted by Crippen LogP contribution is 2.53. The number of Topliss-reactive ketones (excluding diaryl/α,β-unsaturated/α-hetero) is 1. The summed E-state index contributed by atoms with van der Waals surface area (Å²) in [6.07, 6.45) is 2.11. The van der Waals surface area contributed by atoms with Crippen LogP contribution < -0.4 is 9.47 Å². The molecule has 5 heteroatoms. The summed E-state index contributed by atoms with van der Waals surface area (Å²) in [7, 11) is 0. The third-order valence-electron chi connectivity index (χ3n) is 6.03. The van der Waals surface area contributed by atoms with Crippen molar-refractivity contribution in [2.45, 2.75) is 52.6 Å². The second-order valence-corrected chi connectivity index (χ2v) is 8.38. The van der Waals surface area contributed by atoms with Crippen LogP contribution in [0.1, 0.15) is 67.1 Å². The van der Waals surface area contributed by atoms with Gasteiger partial charge in [0, 0.05) is 17.0 Å². The zero-order chi connectivity index (χ0) is 21.6. The molecule has 2 aliphatic heterocycles. The van der Waals surface area contributed by atoms with E-state index in [2.05, 4.69) is 0 Å². The molecule has 0 unspecified atom stereocenters. The lowest BCUT2D eigenvalue weighted by Crippen LogP contribution is -2.35. The topological polar surface area (TPSA) is 72.8 Å². The molecule has 0 aliphatic carbocycles. The zero-order valence-electron chi connectivity index (χ0n) is 17.7. The van der Waals surface area contributed by atoms with E-state index in [0.29, 0.717) is 29.0 Å². The molecule has 0 bridgehead atoms. The van der Waals surface area contributed by atoms with Crippen LogP contribution in [0.15, 0.2) is 42.0 Å². The minimum atomic E-state index is -0.376. The Bertz CT molecular complexity index is 1050. The average molecular weight is 406 g/mol. The van der Waals surface area contributed by atoms with Crippen molar-refractivity contribution in [1.29, 1.82) is 0 Å². The normalized spacial score (nSPS) is 22.5. The summed E-state index contributed by atoms with van der Waals surface area (Å²) < 4.78 is 11.8. The van der Waals surface area contributed by atoms with Gasteiger partial charge in [-0.3, -0.25) is 9.59 Å². The summed E-state index contributed by atoms with van der Waals surface area (Å²) in [5, 5.41) is 11.1. The third-order valence-corrected chi connectivity index (χ3v) is 6.03. The first-order chi connectivity index (χ1) is 14.3. The molecule has 2 aromatic carbocycles. The Balaban J connectivity index is 2.04. The molecule has 4 rings (SSSR count). The molecular formula is C25H26O5. The number of benzene rings is 2. The van der Waals surface area contributed by atoms with Crippen molar-refractivity contribution in [3.8, 4) is 17.2 Å². The van der Waals surface area contributed by atoms with Crippen LogP contribution in [-0.4, -0.2) is 23.0 Å². The van der Waals surface area contributed by atoms with Gasteiger partial charge in [0.1, 0.15) is 28.9 Å². The van der Waals surface area contributed by atoms with Crippen molar-refractivity contribution < 1.29 is 24.2 Å². The van der Waals surface area contributed by atoms with Crippen LogP contribution in [0, 0.1) is 5.92 Å². The van der Waals surface area contributed by atoms with Crippen molar-refractivity contribution in [3.05, 3.63) is 64.2 Å². The first-order valence-electron chi connectivity index (χ1n) is 10.3. The van der Waals surface area contributed by atoms with Crippen molar-refractivity contribution in [2.24, 2.45) is 5.92 Å². The number of aromatic hydroxyl groups is 1. The number of phenols is 1. The third kappa shape index (κ3) is 3.28. The summed E-state index contributed by atoms with van der Waals surface area (Å²) in [5.74, 6) is -0.672.